The van der Waals surface area contributed by atoms with Crippen molar-refractivity contribution in [3.8, 4) is 0 Å². The molecule has 20 heavy (non-hydrogen) atoms. The molecule has 1 aliphatic heterocycles. The monoisotopic (exact) mass is 285 g/mol. The van der Waals surface area contributed by atoms with Crippen molar-refractivity contribution in [1.82, 2.24) is 15.2 Å². The first-order valence-corrected chi connectivity index (χ1v) is 7.84. The fraction of sp³-hybridized carbons (Fsp3) is 0.929. The number of aliphatic imine (C=N–C) groups is 1. The maximum Gasteiger partial charge on any atom is 0.208 e. The highest BCUT2D eigenvalue weighted by molar-refractivity contribution is 5.79. The zero-order valence-electron chi connectivity index (χ0n) is 13.3. The molecule has 1 atom stereocenters. The zero-order chi connectivity index (χ0) is 14.8. The van der Waals surface area contributed by atoms with Gasteiger partial charge in [-0.25, -0.2) is 5.84 Å². The van der Waals surface area contributed by atoms with E-state index < -0.39 is 0 Å². The summed E-state index contributed by atoms with van der Waals surface area (Å²) in [5.41, 5.74) is 2.75. The maximum absolute atomic E-state index is 5.61. The molecule has 0 saturated carbocycles. The Morgan fingerprint density at radius 1 is 1.40 bits per heavy atom. The summed E-state index contributed by atoms with van der Waals surface area (Å²) < 4.78 is 5.31. The molecule has 3 N–H and O–H groups in total. The van der Waals surface area contributed by atoms with Crippen molar-refractivity contribution in [3.63, 3.8) is 0 Å². The Morgan fingerprint density at radius 2 is 2.15 bits per heavy atom. The number of hydrogen-bond acceptors (Lipinski definition) is 4. The second-order valence-electron chi connectivity index (χ2n) is 5.01. The molecule has 6 nitrogen and oxygen atoms in total. The minimum atomic E-state index is 0.618. The molecule has 118 valence electrons. The third-order valence-electron chi connectivity index (χ3n) is 3.83. The van der Waals surface area contributed by atoms with Crippen LogP contribution in [0.15, 0.2) is 4.99 Å². The van der Waals surface area contributed by atoms with Gasteiger partial charge in [0.2, 0.25) is 5.96 Å². The molecule has 0 amide bonds. The highest BCUT2D eigenvalue weighted by atomic mass is 16.5. The van der Waals surface area contributed by atoms with Gasteiger partial charge in [-0.1, -0.05) is 13.8 Å². The standard InChI is InChI=1S/C14H31N5O/c1-4-18(5-2)13-8-10-19(12-13)14(17-15)16-9-7-11-20-6-3/h13H,4-12,15H2,1-3H3,(H,16,17). The molecule has 0 aromatic rings. The van der Waals surface area contributed by atoms with E-state index in [0.29, 0.717) is 6.04 Å². The molecule has 1 saturated heterocycles. The van der Waals surface area contributed by atoms with Crippen LogP contribution in [0.1, 0.15) is 33.6 Å². The average molecular weight is 285 g/mol. The van der Waals surface area contributed by atoms with E-state index in [1.54, 1.807) is 0 Å². The predicted molar refractivity (Wildman–Crippen MR) is 83.6 cm³/mol. The minimum absolute atomic E-state index is 0.618. The summed E-state index contributed by atoms with van der Waals surface area (Å²) in [5.74, 6) is 6.43. The molecule has 0 bridgehead atoms. The number of nitrogens with two attached hydrogens (primary N) is 1. The molecule has 1 unspecified atom stereocenters. The van der Waals surface area contributed by atoms with E-state index in [9.17, 15) is 0 Å². The zero-order valence-corrected chi connectivity index (χ0v) is 13.3. The molecular weight excluding hydrogens is 254 g/mol. The van der Waals surface area contributed by atoms with Crippen LogP contribution in [-0.2, 0) is 4.74 Å². The summed E-state index contributed by atoms with van der Waals surface area (Å²) in [6.45, 7) is 13.0. The second kappa shape index (κ2) is 9.96. The van der Waals surface area contributed by atoms with E-state index in [2.05, 4.69) is 34.1 Å². The minimum Gasteiger partial charge on any atom is -0.382 e. The predicted octanol–water partition coefficient (Wildman–Crippen LogP) is 0.648. The first kappa shape index (κ1) is 17.2. The van der Waals surface area contributed by atoms with Crippen molar-refractivity contribution in [3.05, 3.63) is 0 Å². The first-order valence-electron chi connectivity index (χ1n) is 7.84. The Labute approximate surface area is 123 Å². The molecule has 0 spiro atoms. The van der Waals surface area contributed by atoms with Gasteiger partial charge in [0.15, 0.2) is 0 Å². The highest BCUT2D eigenvalue weighted by Gasteiger charge is 2.27. The van der Waals surface area contributed by atoms with Crippen LogP contribution in [0, 0.1) is 0 Å². The van der Waals surface area contributed by atoms with E-state index in [1.807, 2.05) is 6.92 Å². The van der Waals surface area contributed by atoms with Gasteiger partial charge < -0.3 is 9.64 Å². The second-order valence-corrected chi connectivity index (χ2v) is 5.01. The Morgan fingerprint density at radius 3 is 2.75 bits per heavy atom. The molecule has 0 aliphatic carbocycles. The van der Waals surface area contributed by atoms with Gasteiger partial charge in [-0.05, 0) is 32.9 Å². The van der Waals surface area contributed by atoms with E-state index in [4.69, 9.17) is 10.6 Å². The van der Waals surface area contributed by atoms with Crippen LogP contribution >= 0.6 is 0 Å². The first-order chi connectivity index (χ1) is 9.76. The lowest BCUT2D eigenvalue weighted by Gasteiger charge is -2.26. The molecule has 1 fully saturated rings. The van der Waals surface area contributed by atoms with E-state index in [-0.39, 0.29) is 0 Å². The van der Waals surface area contributed by atoms with E-state index in [0.717, 1.165) is 58.3 Å². The molecular formula is C14H31N5O. The number of nitrogens with zero attached hydrogens (tertiary/aromatic N) is 3. The van der Waals surface area contributed by atoms with Crippen LogP contribution in [0.4, 0.5) is 0 Å². The Balaban J connectivity index is 2.40. The third kappa shape index (κ3) is 5.26. The van der Waals surface area contributed by atoms with Gasteiger partial charge in [0.25, 0.3) is 0 Å². The third-order valence-corrected chi connectivity index (χ3v) is 3.83. The molecule has 0 aromatic heterocycles. The number of guanidine groups is 1. The lowest BCUT2D eigenvalue weighted by atomic mass is 10.2. The Kier molecular flexibility index (Phi) is 8.57. The number of likely N-dealkylation sites (N-methyl/N-ethyl adjacent to an activating group) is 1. The van der Waals surface area contributed by atoms with Crippen LogP contribution in [0.3, 0.4) is 0 Å². The normalized spacial score (nSPS) is 19.9. The Hall–Kier alpha value is -0.850. The van der Waals surface area contributed by atoms with Gasteiger partial charge in [-0.15, -0.1) is 0 Å². The molecule has 1 aliphatic rings. The van der Waals surface area contributed by atoms with Crippen molar-refractivity contribution in [2.24, 2.45) is 10.8 Å². The smallest absolute Gasteiger partial charge is 0.208 e. The lowest BCUT2D eigenvalue weighted by molar-refractivity contribution is 0.146. The van der Waals surface area contributed by atoms with Crippen LogP contribution in [0.25, 0.3) is 0 Å². The SMILES string of the molecule is CCOCCCN=C(NN)N1CCC(N(CC)CC)C1. The number of hydrogen-bond donors (Lipinski definition) is 2. The molecule has 0 radical (unpaired) electrons. The van der Waals surface area contributed by atoms with Crippen LogP contribution in [-0.4, -0.2) is 67.7 Å². The maximum atomic E-state index is 5.61. The summed E-state index contributed by atoms with van der Waals surface area (Å²) in [6, 6.07) is 0.618. The number of nitrogens with one attached hydrogen (secondary N) is 1. The fourth-order valence-electron chi connectivity index (χ4n) is 2.71. The van der Waals surface area contributed by atoms with Gasteiger partial charge in [-0.2, -0.15) is 0 Å². The van der Waals surface area contributed by atoms with Crippen LogP contribution in [0.2, 0.25) is 0 Å². The van der Waals surface area contributed by atoms with Crippen molar-refractivity contribution in [1.29, 1.82) is 0 Å². The number of ether oxygens (including phenoxy) is 1. The summed E-state index contributed by atoms with van der Waals surface area (Å²) in [4.78, 5) is 9.31. The summed E-state index contributed by atoms with van der Waals surface area (Å²) >= 11 is 0. The number of hydrazine groups is 1. The van der Waals surface area contributed by atoms with E-state index >= 15 is 0 Å². The fourth-order valence-corrected chi connectivity index (χ4v) is 2.71. The van der Waals surface area contributed by atoms with Gasteiger partial charge >= 0.3 is 0 Å². The summed E-state index contributed by atoms with van der Waals surface area (Å²) in [7, 11) is 0. The number of rotatable bonds is 8. The van der Waals surface area contributed by atoms with Crippen molar-refractivity contribution in [2.45, 2.75) is 39.7 Å². The molecule has 0 aromatic carbocycles. The summed E-state index contributed by atoms with van der Waals surface area (Å²) in [6.07, 6.45) is 2.12. The van der Waals surface area contributed by atoms with Gasteiger partial charge in [-0.3, -0.25) is 15.3 Å². The van der Waals surface area contributed by atoms with Crippen molar-refractivity contribution in [2.75, 3.05) is 45.9 Å². The largest absolute Gasteiger partial charge is 0.382 e. The van der Waals surface area contributed by atoms with Gasteiger partial charge in [0, 0.05) is 38.9 Å². The van der Waals surface area contributed by atoms with Crippen molar-refractivity contribution >= 4 is 5.96 Å². The molecule has 6 heteroatoms. The van der Waals surface area contributed by atoms with E-state index in [1.165, 1.54) is 6.42 Å². The molecule has 1 rings (SSSR count). The van der Waals surface area contributed by atoms with Crippen molar-refractivity contribution < 1.29 is 4.74 Å². The average Bonchev–Trinajstić information content (AvgIpc) is 2.94. The van der Waals surface area contributed by atoms with Crippen LogP contribution in [0.5, 0.6) is 0 Å². The quantitative estimate of drug-likeness (QED) is 0.225. The molecule has 1 heterocycles. The van der Waals surface area contributed by atoms with Crippen LogP contribution < -0.4 is 11.3 Å². The van der Waals surface area contributed by atoms with Gasteiger partial charge in [0.1, 0.15) is 0 Å². The topological polar surface area (TPSA) is 66.1 Å². The summed E-state index contributed by atoms with van der Waals surface area (Å²) in [5, 5.41) is 0. The highest BCUT2D eigenvalue weighted by Crippen LogP contribution is 2.15. The van der Waals surface area contributed by atoms with Gasteiger partial charge in [0.05, 0.1) is 0 Å². The number of likely N-dealkylation sites (tertiary alicyclic amines) is 1. The Bertz CT molecular complexity index is 281. The lowest BCUT2D eigenvalue weighted by Crippen LogP contribution is -2.45.